The average Bonchev–Trinajstić information content (AvgIpc) is 2.68. The normalized spacial score (nSPS) is 11.0. The van der Waals surface area contributed by atoms with E-state index in [-0.39, 0.29) is 17.2 Å². The SMILES string of the molecule is CS(=O)(=O)c1ccccc1NC(=O)COc1ccccc1Cc1ccccc1. The second kappa shape index (κ2) is 8.71. The van der Waals surface area contributed by atoms with Gasteiger partial charge >= 0.3 is 0 Å². The third-order valence-corrected chi connectivity index (χ3v) is 5.28. The molecule has 1 amide bonds. The highest BCUT2D eigenvalue weighted by molar-refractivity contribution is 7.90. The number of carbonyl (C=O) groups is 1. The molecule has 0 aromatic heterocycles. The van der Waals surface area contributed by atoms with Crippen LogP contribution in [0.4, 0.5) is 5.69 Å². The quantitative estimate of drug-likeness (QED) is 0.662. The highest BCUT2D eigenvalue weighted by Crippen LogP contribution is 2.23. The number of anilines is 1. The van der Waals surface area contributed by atoms with Gasteiger partial charge in [-0.15, -0.1) is 0 Å². The number of carbonyl (C=O) groups excluding carboxylic acids is 1. The molecule has 6 heteroatoms. The maximum absolute atomic E-state index is 12.3. The molecule has 0 heterocycles. The van der Waals surface area contributed by atoms with Gasteiger partial charge in [0.25, 0.3) is 5.91 Å². The van der Waals surface area contributed by atoms with Crippen LogP contribution in [0.5, 0.6) is 5.75 Å². The average molecular weight is 395 g/mol. The first-order valence-corrected chi connectivity index (χ1v) is 10.7. The summed E-state index contributed by atoms with van der Waals surface area (Å²) in [4.78, 5) is 12.4. The summed E-state index contributed by atoms with van der Waals surface area (Å²) in [6, 6.07) is 23.8. The number of nitrogens with one attached hydrogen (secondary N) is 1. The minimum absolute atomic E-state index is 0.0767. The second-order valence-electron chi connectivity index (χ2n) is 6.38. The maximum atomic E-state index is 12.3. The van der Waals surface area contributed by atoms with Crippen LogP contribution in [0, 0.1) is 0 Å². The molecule has 0 radical (unpaired) electrons. The molecule has 5 nitrogen and oxygen atoms in total. The van der Waals surface area contributed by atoms with Gasteiger partial charge in [0.2, 0.25) is 0 Å². The molecule has 0 fully saturated rings. The van der Waals surface area contributed by atoms with Crippen molar-refractivity contribution in [2.75, 3.05) is 18.2 Å². The van der Waals surface area contributed by atoms with Crippen molar-refractivity contribution < 1.29 is 17.9 Å². The van der Waals surface area contributed by atoms with E-state index in [2.05, 4.69) is 5.32 Å². The Morgan fingerprint density at radius 1 is 0.893 bits per heavy atom. The van der Waals surface area contributed by atoms with Crippen LogP contribution < -0.4 is 10.1 Å². The van der Waals surface area contributed by atoms with Gasteiger partial charge in [-0.3, -0.25) is 4.79 Å². The Kier molecular flexibility index (Phi) is 6.11. The number of hydrogen-bond acceptors (Lipinski definition) is 4. The molecule has 28 heavy (non-hydrogen) atoms. The Morgan fingerprint density at radius 3 is 2.29 bits per heavy atom. The lowest BCUT2D eigenvalue weighted by Crippen LogP contribution is -2.21. The monoisotopic (exact) mass is 395 g/mol. The number of para-hydroxylation sites is 2. The van der Waals surface area contributed by atoms with Crippen molar-refractivity contribution in [2.45, 2.75) is 11.3 Å². The summed E-state index contributed by atoms with van der Waals surface area (Å²) in [6.45, 7) is -0.218. The first-order valence-electron chi connectivity index (χ1n) is 8.77. The summed E-state index contributed by atoms with van der Waals surface area (Å²) in [5.74, 6) is 0.198. The van der Waals surface area contributed by atoms with E-state index in [0.717, 1.165) is 17.4 Å². The number of ether oxygens (including phenoxy) is 1. The molecule has 0 unspecified atom stereocenters. The lowest BCUT2D eigenvalue weighted by molar-refractivity contribution is -0.118. The Bertz CT molecular complexity index is 1060. The maximum Gasteiger partial charge on any atom is 0.262 e. The Labute approximate surface area is 164 Å². The summed E-state index contributed by atoms with van der Waals surface area (Å²) < 4.78 is 29.4. The van der Waals surface area contributed by atoms with Gasteiger partial charge in [0, 0.05) is 12.7 Å². The van der Waals surface area contributed by atoms with E-state index >= 15 is 0 Å². The molecule has 3 rings (SSSR count). The fourth-order valence-corrected chi connectivity index (χ4v) is 3.67. The van der Waals surface area contributed by atoms with Gasteiger partial charge in [0.15, 0.2) is 16.4 Å². The summed E-state index contributed by atoms with van der Waals surface area (Å²) in [7, 11) is -3.44. The fourth-order valence-electron chi connectivity index (χ4n) is 2.83. The van der Waals surface area contributed by atoms with E-state index in [1.807, 2.05) is 54.6 Å². The summed E-state index contributed by atoms with van der Waals surface area (Å²) in [5, 5.41) is 2.61. The number of rotatable bonds is 7. The summed E-state index contributed by atoms with van der Waals surface area (Å²) >= 11 is 0. The standard InChI is InChI=1S/C22H21NO4S/c1-28(25,26)21-14-8-6-12-19(21)23-22(24)16-27-20-13-7-5-11-18(20)15-17-9-3-2-4-10-17/h2-14H,15-16H2,1H3,(H,23,24). The van der Waals surface area contributed by atoms with Crippen molar-refractivity contribution in [3.05, 3.63) is 90.0 Å². The molecule has 0 aliphatic carbocycles. The lowest BCUT2D eigenvalue weighted by Gasteiger charge is -2.13. The highest BCUT2D eigenvalue weighted by Gasteiger charge is 2.15. The van der Waals surface area contributed by atoms with Crippen LogP contribution in [-0.2, 0) is 21.1 Å². The molecular formula is C22H21NO4S. The lowest BCUT2D eigenvalue weighted by atomic mass is 10.0. The molecule has 3 aromatic carbocycles. The van der Waals surface area contributed by atoms with Crippen molar-refractivity contribution in [1.82, 2.24) is 0 Å². The Balaban J connectivity index is 1.68. The van der Waals surface area contributed by atoms with E-state index in [4.69, 9.17) is 4.74 Å². The number of amides is 1. The predicted octanol–water partition coefficient (Wildman–Crippen LogP) is 3.70. The number of hydrogen-bond donors (Lipinski definition) is 1. The molecule has 0 saturated carbocycles. The second-order valence-corrected chi connectivity index (χ2v) is 8.36. The van der Waals surface area contributed by atoms with Crippen LogP contribution >= 0.6 is 0 Å². The van der Waals surface area contributed by atoms with Crippen LogP contribution in [0.15, 0.2) is 83.8 Å². The van der Waals surface area contributed by atoms with Crippen LogP contribution in [-0.4, -0.2) is 27.2 Å². The van der Waals surface area contributed by atoms with Crippen LogP contribution in [0.3, 0.4) is 0 Å². The van der Waals surface area contributed by atoms with Gasteiger partial charge in [-0.05, 0) is 29.3 Å². The van der Waals surface area contributed by atoms with Crippen LogP contribution in [0.25, 0.3) is 0 Å². The molecule has 0 saturated heterocycles. The number of benzene rings is 3. The molecule has 0 bridgehead atoms. The molecule has 0 aliphatic rings. The van der Waals surface area contributed by atoms with Crippen molar-refractivity contribution >= 4 is 21.4 Å². The van der Waals surface area contributed by atoms with Crippen LogP contribution in [0.1, 0.15) is 11.1 Å². The van der Waals surface area contributed by atoms with Gasteiger partial charge in [-0.25, -0.2) is 8.42 Å². The van der Waals surface area contributed by atoms with E-state index in [9.17, 15) is 13.2 Å². The third kappa shape index (κ3) is 5.20. The molecule has 144 valence electrons. The van der Waals surface area contributed by atoms with E-state index in [1.54, 1.807) is 18.2 Å². The number of sulfone groups is 1. The molecule has 3 aromatic rings. The van der Waals surface area contributed by atoms with Gasteiger partial charge in [0.05, 0.1) is 10.6 Å². The van der Waals surface area contributed by atoms with Gasteiger partial charge < -0.3 is 10.1 Å². The first-order chi connectivity index (χ1) is 13.4. The van der Waals surface area contributed by atoms with E-state index in [0.29, 0.717) is 12.2 Å². The zero-order valence-electron chi connectivity index (χ0n) is 15.5. The van der Waals surface area contributed by atoms with Crippen molar-refractivity contribution in [2.24, 2.45) is 0 Å². The first kappa shape index (κ1) is 19.6. The summed E-state index contributed by atoms with van der Waals surface area (Å²) in [5.41, 5.74) is 2.36. The van der Waals surface area contributed by atoms with Gasteiger partial charge in [-0.1, -0.05) is 60.7 Å². The molecule has 0 atom stereocenters. The van der Waals surface area contributed by atoms with Crippen molar-refractivity contribution in [1.29, 1.82) is 0 Å². The largest absolute Gasteiger partial charge is 0.483 e. The highest BCUT2D eigenvalue weighted by atomic mass is 32.2. The van der Waals surface area contributed by atoms with Gasteiger partial charge in [0.1, 0.15) is 5.75 Å². The topological polar surface area (TPSA) is 72.5 Å². The minimum Gasteiger partial charge on any atom is -0.483 e. The third-order valence-electron chi connectivity index (χ3n) is 4.13. The van der Waals surface area contributed by atoms with E-state index < -0.39 is 15.7 Å². The molecule has 0 aliphatic heterocycles. The molecule has 1 N–H and O–H groups in total. The van der Waals surface area contributed by atoms with E-state index in [1.165, 1.54) is 6.07 Å². The van der Waals surface area contributed by atoms with Crippen molar-refractivity contribution in [3.63, 3.8) is 0 Å². The van der Waals surface area contributed by atoms with Gasteiger partial charge in [-0.2, -0.15) is 0 Å². The zero-order valence-corrected chi connectivity index (χ0v) is 16.3. The molecule has 0 spiro atoms. The zero-order chi connectivity index (χ0) is 20.0. The van der Waals surface area contributed by atoms with Crippen LogP contribution in [0.2, 0.25) is 0 Å². The summed E-state index contributed by atoms with van der Waals surface area (Å²) in [6.07, 6.45) is 1.80. The smallest absolute Gasteiger partial charge is 0.262 e. The predicted molar refractivity (Wildman–Crippen MR) is 109 cm³/mol. The van der Waals surface area contributed by atoms with Crippen molar-refractivity contribution in [3.8, 4) is 5.75 Å². The fraction of sp³-hybridized carbons (Fsp3) is 0.136. The Morgan fingerprint density at radius 2 is 1.54 bits per heavy atom. The molecular weight excluding hydrogens is 374 g/mol. The minimum atomic E-state index is -3.44. The Hall–Kier alpha value is -3.12.